The molecule has 8 heteroatoms. The minimum atomic E-state index is -0.583. The normalized spacial score (nSPS) is 10.2. The Hall–Kier alpha value is -2.12. The van der Waals surface area contributed by atoms with E-state index in [1.165, 1.54) is 18.2 Å². The van der Waals surface area contributed by atoms with E-state index in [2.05, 4.69) is 16.0 Å². The Morgan fingerprint density at radius 1 is 1.26 bits per heavy atom. The van der Waals surface area contributed by atoms with Gasteiger partial charge in [-0.2, -0.15) is 0 Å². The maximum absolute atomic E-state index is 13.5. The lowest BCUT2D eigenvalue weighted by atomic mass is 10.3. The zero-order valence-corrected chi connectivity index (χ0v) is 13.6. The lowest BCUT2D eigenvalue weighted by Gasteiger charge is -2.09. The number of benzene rings is 1. The van der Waals surface area contributed by atoms with E-state index in [1.54, 1.807) is 11.3 Å². The molecule has 0 saturated heterocycles. The van der Waals surface area contributed by atoms with Crippen LogP contribution in [0.25, 0.3) is 0 Å². The van der Waals surface area contributed by atoms with Crippen molar-refractivity contribution in [2.24, 2.45) is 0 Å². The van der Waals surface area contributed by atoms with Crippen LogP contribution in [0, 0.1) is 5.82 Å². The van der Waals surface area contributed by atoms with Crippen molar-refractivity contribution in [3.8, 4) is 0 Å². The van der Waals surface area contributed by atoms with E-state index in [0.29, 0.717) is 18.0 Å². The monoisotopic (exact) mass is 355 g/mol. The molecule has 0 bridgehead atoms. The number of rotatable bonds is 6. The third kappa shape index (κ3) is 5.88. The molecule has 0 spiro atoms. The number of anilines is 1. The number of imide groups is 1. The first-order valence-corrected chi connectivity index (χ1v) is 8.09. The maximum atomic E-state index is 13.5. The van der Waals surface area contributed by atoms with Gasteiger partial charge in [0.25, 0.3) is 0 Å². The fourth-order valence-electron chi connectivity index (χ4n) is 1.78. The van der Waals surface area contributed by atoms with Crippen molar-refractivity contribution in [1.29, 1.82) is 0 Å². The number of thiophene rings is 1. The third-order valence-electron chi connectivity index (χ3n) is 2.86. The smallest absolute Gasteiger partial charge is 0.321 e. The topological polar surface area (TPSA) is 70.2 Å². The Labute approximate surface area is 141 Å². The number of carbonyl (C=O) groups excluding carboxylic acids is 2. The van der Waals surface area contributed by atoms with Crippen LogP contribution < -0.4 is 16.0 Å². The zero-order valence-electron chi connectivity index (χ0n) is 12.1. The number of hydrogen-bond acceptors (Lipinski definition) is 4. The predicted molar refractivity (Wildman–Crippen MR) is 89.5 cm³/mol. The Bertz CT molecular complexity index is 679. The summed E-state index contributed by atoms with van der Waals surface area (Å²) in [4.78, 5) is 24.3. The summed E-state index contributed by atoms with van der Waals surface area (Å²) in [6.45, 7) is 0.186. The number of halogens is 2. The van der Waals surface area contributed by atoms with Crippen LogP contribution >= 0.6 is 22.9 Å². The molecular formula is C15H15ClFN3O2S. The summed E-state index contributed by atoms with van der Waals surface area (Å²) in [5.74, 6) is -1.10. The Balaban J connectivity index is 1.69. The Kier molecular flexibility index (Phi) is 6.37. The molecule has 1 aromatic heterocycles. The lowest BCUT2D eigenvalue weighted by molar-refractivity contribution is -0.118. The number of amides is 3. The van der Waals surface area contributed by atoms with Crippen molar-refractivity contribution >= 4 is 40.6 Å². The number of urea groups is 1. The van der Waals surface area contributed by atoms with E-state index in [1.807, 2.05) is 17.5 Å². The van der Waals surface area contributed by atoms with Crippen LogP contribution in [-0.4, -0.2) is 25.0 Å². The maximum Gasteiger partial charge on any atom is 0.321 e. The molecule has 2 rings (SSSR count). The SMILES string of the molecule is O=C(CNc1cc(Cl)ccc1F)NC(=O)NCCc1cccs1. The van der Waals surface area contributed by atoms with Crippen molar-refractivity contribution < 1.29 is 14.0 Å². The average molecular weight is 356 g/mol. The third-order valence-corrected chi connectivity index (χ3v) is 4.03. The summed E-state index contributed by atoms with van der Waals surface area (Å²) >= 11 is 7.35. The van der Waals surface area contributed by atoms with E-state index in [9.17, 15) is 14.0 Å². The first kappa shape index (κ1) is 17.2. The lowest BCUT2D eigenvalue weighted by Crippen LogP contribution is -2.42. The molecule has 0 fully saturated rings. The van der Waals surface area contributed by atoms with Crippen LogP contribution in [0.3, 0.4) is 0 Å². The molecule has 0 unspecified atom stereocenters. The van der Waals surface area contributed by atoms with Crippen LogP contribution in [-0.2, 0) is 11.2 Å². The van der Waals surface area contributed by atoms with Gasteiger partial charge in [0.15, 0.2) is 0 Å². The summed E-state index contributed by atoms with van der Waals surface area (Å²) < 4.78 is 13.5. The van der Waals surface area contributed by atoms with Crippen LogP contribution in [0.2, 0.25) is 5.02 Å². The van der Waals surface area contributed by atoms with Gasteiger partial charge in [0.2, 0.25) is 5.91 Å². The predicted octanol–water partition coefficient (Wildman–Crippen LogP) is 3.02. The molecule has 23 heavy (non-hydrogen) atoms. The summed E-state index contributed by atoms with van der Waals surface area (Å²) in [7, 11) is 0. The molecule has 0 saturated carbocycles. The van der Waals surface area contributed by atoms with E-state index in [-0.39, 0.29) is 12.2 Å². The average Bonchev–Trinajstić information content (AvgIpc) is 3.01. The van der Waals surface area contributed by atoms with Gasteiger partial charge in [-0.05, 0) is 36.1 Å². The minimum absolute atomic E-state index is 0.103. The summed E-state index contributed by atoms with van der Waals surface area (Å²) in [6, 6.07) is 7.29. The van der Waals surface area contributed by atoms with Crippen LogP contribution in [0.15, 0.2) is 35.7 Å². The second kappa shape index (κ2) is 8.50. The van der Waals surface area contributed by atoms with Crippen molar-refractivity contribution in [3.63, 3.8) is 0 Å². The minimum Gasteiger partial charge on any atom is -0.374 e. The summed E-state index contributed by atoms with van der Waals surface area (Å²) in [5.41, 5.74) is 0.103. The first-order valence-electron chi connectivity index (χ1n) is 6.83. The Morgan fingerprint density at radius 3 is 2.83 bits per heavy atom. The quantitative estimate of drug-likeness (QED) is 0.746. The van der Waals surface area contributed by atoms with Gasteiger partial charge < -0.3 is 10.6 Å². The molecule has 1 heterocycles. The van der Waals surface area contributed by atoms with Gasteiger partial charge in [0.1, 0.15) is 5.82 Å². The first-order chi connectivity index (χ1) is 11.0. The van der Waals surface area contributed by atoms with Gasteiger partial charge in [-0.15, -0.1) is 11.3 Å². The van der Waals surface area contributed by atoms with E-state index >= 15 is 0 Å². The van der Waals surface area contributed by atoms with Crippen LogP contribution in [0.5, 0.6) is 0 Å². The van der Waals surface area contributed by atoms with E-state index < -0.39 is 17.8 Å². The number of nitrogens with one attached hydrogen (secondary N) is 3. The van der Waals surface area contributed by atoms with Gasteiger partial charge in [-0.1, -0.05) is 17.7 Å². The van der Waals surface area contributed by atoms with Gasteiger partial charge >= 0.3 is 6.03 Å². The highest BCUT2D eigenvalue weighted by molar-refractivity contribution is 7.09. The standard InChI is InChI=1S/C15H15ClFN3O2S/c16-10-3-4-12(17)13(8-10)19-9-14(21)20-15(22)18-6-5-11-2-1-7-23-11/h1-4,7-8,19H,5-6,9H2,(H2,18,20,21,22). The molecule has 122 valence electrons. The fraction of sp³-hybridized carbons (Fsp3) is 0.200. The highest BCUT2D eigenvalue weighted by Gasteiger charge is 2.09. The van der Waals surface area contributed by atoms with Gasteiger partial charge in [0, 0.05) is 16.4 Å². The van der Waals surface area contributed by atoms with E-state index in [4.69, 9.17) is 11.6 Å². The molecule has 3 N–H and O–H groups in total. The van der Waals surface area contributed by atoms with Gasteiger partial charge in [0.05, 0.1) is 12.2 Å². The largest absolute Gasteiger partial charge is 0.374 e. The molecule has 0 aliphatic rings. The van der Waals surface area contributed by atoms with E-state index in [0.717, 1.165) is 4.88 Å². The fourth-order valence-corrected chi connectivity index (χ4v) is 2.66. The molecule has 0 radical (unpaired) electrons. The molecule has 3 amide bonds. The van der Waals surface area contributed by atoms with Crippen molar-refractivity contribution in [3.05, 3.63) is 51.4 Å². The summed E-state index contributed by atoms with van der Waals surface area (Å²) in [6.07, 6.45) is 0.700. The highest BCUT2D eigenvalue weighted by Crippen LogP contribution is 2.19. The Morgan fingerprint density at radius 2 is 2.09 bits per heavy atom. The molecule has 0 aliphatic carbocycles. The zero-order chi connectivity index (χ0) is 16.7. The second-order valence-corrected chi connectivity index (χ2v) is 6.08. The second-order valence-electron chi connectivity index (χ2n) is 4.61. The molecule has 0 atom stereocenters. The number of hydrogen-bond donors (Lipinski definition) is 3. The summed E-state index contributed by atoms with van der Waals surface area (Å²) in [5, 5.41) is 9.64. The van der Waals surface area contributed by atoms with Crippen LogP contribution in [0.4, 0.5) is 14.9 Å². The highest BCUT2D eigenvalue weighted by atomic mass is 35.5. The molecule has 1 aromatic carbocycles. The molecule has 0 aliphatic heterocycles. The van der Waals surface area contributed by atoms with Gasteiger partial charge in [-0.25, -0.2) is 9.18 Å². The van der Waals surface area contributed by atoms with Gasteiger partial charge in [-0.3, -0.25) is 10.1 Å². The van der Waals surface area contributed by atoms with Crippen molar-refractivity contribution in [2.45, 2.75) is 6.42 Å². The molecule has 5 nitrogen and oxygen atoms in total. The number of carbonyl (C=O) groups is 2. The molecular weight excluding hydrogens is 341 g/mol. The molecule has 2 aromatic rings. The van der Waals surface area contributed by atoms with Crippen LogP contribution in [0.1, 0.15) is 4.88 Å². The van der Waals surface area contributed by atoms with Crippen molar-refractivity contribution in [1.82, 2.24) is 10.6 Å². The van der Waals surface area contributed by atoms with Crippen molar-refractivity contribution in [2.75, 3.05) is 18.4 Å².